The number of fused-ring (bicyclic) bond motifs is 1. The lowest BCUT2D eigenvalue weighted by Crippen LogP contribution is -2.24. The van der Waals surface area contributed by atoms with Crippen molar-refractivity contribution >= 4 is 32.9 Å². The van der Waals surface area contributed by atoms with Gasteiger partial charge in [0.25, 0.3) is 5.91 Å². The molecule has 0 fully saturated rings. The molecule has 0 aliphatic heterocycles. The van der Waals surface area contributed by atoms with Crippen LogP contribution in [0.5, 0.6) is 5.75 Å². The van der Waals surface area contributed by atoms with Crippen LogP contribution in [-0.4, -0.2) is 27.3 Å². The van der Waals surface area contributed by atoms with E-state index >= 15 is 0 Å². The number of carbonyl (C=O) groups is 1. The van der Waals surface area contributed by atoms with E-state index in [9.17, 15) is 13.6 Å². The highest BCUT2D eigenvalue weighted by atomic mass is 79.9. The topological polar surface area (TPSA) is 69.0 Å². The Hall–Kier alpha value is -2.55. The van der Waals surface area contributed by atoms with Gasteiger partial charge in [0.05, 0.1) is 16.6 Å². The Morgan fingerprint density at radius 1 is 1.33 bits per heavy atom. The fraction of sp³-hybridized carbons (Fsp3) is 0.278. The maximum absolute atomic E-state index is 12.8. The molecule has 27 heavy (non-hydrogen) atoms. The third kappa shape index (κ3) is 4.08. The molecule has 1 amide bonds. The summed E-state index contributed by atoms with van der Waals surface area (Å²) in [5.41, 5.74) is 2.85. The molecule has 1 N–H and O–H groups in total. The van der Waals surface area contributed by atoms with Crippen molar-refractivity contribution in [3.05, 3.63) is 51.3 Å². The smallest absolute Gasteiger partial charge is 0.387 e. The van der Waals surface area contributed by atoms with E-state index in [0.717, 1.165) is 0 Å². The van der Waals surface area contributed by atoms with E-state index in [1.165, 1.54) is 6.07 Å². The molecule has 0 radical (unpaired) electrons. The molecule has 6 nitrogen and oxygen atoms in total. The number of nitrogens with zero attached hydrogens (tertiary/aromatic N) is 3. The Balaban J connectivity index is 1.89. The molecule has 9 heteroatoms. The van der Waals surface area contributed by atoms with Crippen molar-refractivity contribution < 1.29 is 18.3 Å². The van der Waals surface area contributed by atoms with Crippen molar-refractivity contribution in [1.29, 1.82) is 0 Å². The van der Waals surface area contributed by atoms with Crippen molar-refractivity contribution in [2.24, 2.45) is 7.05 Å². The number of carbonyl (C=O) groups excluding carboxylic acids is 1. The van der Waals surface area contributed by atoms with Gasteiger partial charge in [0.1, 0.15) is 5.75 Å². The highest BCUT2D eigenvalue weighted by Gasteiger charge is 2.18. The normalized spacial score (nSPS) is 11.2. The number of aryl methyl sites for hydroxylation is 3. The summed E-state index contributed by atoms with van der Waals surface area (Å²) in [6.07, 6.45) is 0. The lowest BCUT2D eigenvalue weighted by molar-refractivity contribution is -0.0504. The van der Waals surface area contributed by atoms with Crippen molar-refractivity contribution in [2.45, 2.75) is 27.0 Å². The predicted molar refractivity (Wildman–Crippen MR) is 99.9 cm³/mol. The number of pyridine rings is 1. The second-order valence-corrected chi connectivity index (χ2v) is 6.95. The highest BCUT2D eigenvalue weighted by molar-refractivity contribution is 9.10. The molecular weight excluding hydrogens is 422 g/mol. The minimum absolute atomic E-state index is 0.0158. The Bertz CT molecular complexity index is 1020. The van der Waals surface area contributed by atoms with Gasteiger partial charge in [-0.2, -0.15) is 13.9 Å². The largest absolute Gasteiger partial charge is 0.434 e. The van der Waals surface area contributed by atoms with Gasteiger partial charge >= 0.3 is 6.61 Å². The lowest BCUT2D eigenvalue weighted by Gasteiger charge is -2.13. The first kappa shape index (κ1) is 19.2. The SMILES string of the molecule is Cc1cc(C(=O)NCc2cc(Br)ccc2OC(F)F)c2c(C)nn(C)c2n1. The molecule has 0 unspecified atom stereocenters. The van der Waals surface area contributed by atoms with Crippen LogP contribution >= 0.6 is 15.9 Å². The number of aromatic nitrogens is 3. The molecular formula is C18H17BrF2N4O2. The predicted octanol–water partition coefficient (Wildman–Crippen LogP) is 3.88. The van der Waals surface area contributed by atoms with E-state index < -0.39 is 6.61 Å². The van der Waals surface area contributed by atoms with Gasteiger partial charge in [0, 0.05) is 29.3 Å². The third-order valence-electron chi connectivity index (χ3n) is 4.02. The highest BCUT2D eigenvalue weighted by Crippen LogP contribution is 2.26. The number of hydrogen-bond donors (Lipinski definition) is 1. The number of amides is 1. The summed E-state index contributed by atoms with van der Waals surface area (Å²) in [4.78, 5) is 17.2. The van der Waals surface area contributed by atoms with Crippen molar-refractivity contribution in [3.63, 3.8) is 0 Å². The fourth-order valence-corrected chi connectivity index (χ4v) is 3.33. The van der Waals surface area contributed by atoms with E-state index in [2.05, 4.69) is 36.1 Å². The number of nitrogens with one attached hydrogen (secondary N) is 1. The lowest BCUT2D eigenvalue weighted by atomic mass is 10.1. The molecule has 3 rings (SSSR count). The van der Waals surface area contributed by atoms with Gasteiger partial charge in [-0.3, -0.25) is 9.48 Å². The average Bonchev–Trinajstić information content (AvgIpc) is 2.87. The zero-order valence-corrected chi connectivity index (χ0v) is 16.5. The molecule has 0 saturated carbocycles. The van der Waals surface area contributed by atoms with Gasteiger partial charge in [-0.25, -0.2) is 4.98 Å². The van der Waals surface area contributed by atoms with E-state index in [4.69, 9.17) is 0 Å². The van der Waals surface area contributed by atoms with E-state index in [0.29, 0.717) is 38.0 Å². The quantitative estimate of drug-likeness (QED) is 0.656. The van der Waals surface area contributed by atoms with E-state index in [-0.39, 0.29) is 18.2 Å². The first-order valence-corrected chi connectivity index (χ1v) is 8.88. The summed E-state index contributed by atoms with van der Waals surface area (Å²) in [6, 6.07) is 6.33. The maximum atomic E-state index is 12.8. The van der Waals surface area contributed by atoms with Crippen LogP contribution in [0.1, 0.15) is 27.3 Å². The van der Waals surface area contributed by atoms with Crippen LogP contribution in [0.25, 0.3) is 11.0 Å². The van der Waals surface area contributed by atoms with Crippen LogP contribution in [-0.2, 0) is 13.6 Å². The monoisotopic (exact) mass is 438 g/mol. The second kappa shape index (κ2) is 7.59. The molecule has 0 spiro atoms. The molecule has 0 bridgehead atoms. The molecule has 2 aromatic heterocycles. The molecule has 0 aliphatic rings. The van der Waals surface area contributed by atoms with Crippen molar-refractivity contribution in [1.82, 2.24) is 20.1 Å². The minimum Gasteiger partial charge on any atom is -0.434 e. The van der Waals surface area contributed by atoms with Gasteiger partial charge in [-0.05, 0) is 38.1 Å². The Kier molecular flexibility index (Phi) is 5.41. The summed E-state index contributed by atoms with van der Waals surface area (Å²) < 4.78 is 32.0. The van der Waals surface area contributed by atoms with E-state index in [1.54, 1.807) is 43.8 Å². The van der Waals surface area contributed by atoms with Crippen LogP contribution in [0, 0.1) is 13.8 Å². The number of rotatable bonds is 5. The number of ether oxygens (including phenoxy) is 1. The summed E-state index contributed by atoms with van der Waals surface area (Å²) >= 11 is 3.29. The first-order valence-electron chi connectivity index (χ1n) is 8.08. The summed E-state index contributed by atoms with van der Waals surface area (Å²) in [6.45, 7) is 0.685. The Labute approximate surface area is 162 Å². The van der Waals surface area contributed by atoms with Crippen LogP contribution in [0.15, 0.2) is 28.7 Å². The third-order valence-corrected chi connectivity index (χ3v) is 4.51. The zero-order valence-electron chi connectivity index (χ0n) is 14.9. The molecule has 0 atom stereocenters. The fourth-order valence-electron chi connectivity index (χ4n) is 2.92. The standard InChI is InChI=1S/C18H17BrF2N4O2/c1-9-6-13(15-10(2)24-25(3)16(15)23-9)17(26)22-8-11-7-12(19)4-5-14(11)27-18(20)21/h4-7,18H,8H2,1-3H3,(H,22,26). The van der Waals surface area contributed by atoms with Gasteiger partial charge in [-0.1, -0.05) is 15.9 Å². The molecule has 142 valence electrons. The number of halogens is 3. The number of hydrogen-bond acceptors (Lipinski definition) is 4. The van der Waals surface area contributed by atoms with Crippen molar-refractivity contribution in [2.75, 3.05) is 0 Å². The Morgan fingerprint density at radius 2 is 2.07 bits per heavy atom. The van der Waals surface area contributed by atoms with Crippen LogP contribution in [0.4, 0.5) is 8.78 Å². The summed E-state index contributed by atoms with van der Waals surface area (Å²) in [5.74, 6) is -0.327. The summed E-state index contributed by atoms with van der Waals surface area (Å²) in [5, 5.41) is 7.74. The average molecular weight is 439 g/mol. The minimum atomic E-state index is -2.94. The van der Waals surface area contributed by atoms with Crippen LogP contribution < -0.4 is 10.1 Å². The van der Waals surface area contributed by atoms with Crippen molar-refractivity contribution in [3.8, 4) is 5.75 Å². The van der Waals surface area contributed by atoms with Gasteiger partial charge in [0.2, 0.25) is 0 Å². The van der Waals surface area contributed by atoms with E-state index in [1.807, 2.05) is 0 Å². The first-order chi connectivity index (χ1) is 12.8. The zero-order chi connectivity index (χ0) is 19.7. The molecule has 0 aliphatic carbocycles. The van der Waals surface area contributed by atoms with Gasteiger partial charge < -0.3 is 10.1 Å². The maximum Gasteiger partial charge on any atom is 0.387 e. The van der Waals surface area contributed by atoms with Crippen LogP contribution in [0.3, 0.4) is 0 Å². The van der Waals surface area contributed by atoms with Gasteiger partial charge in [-0.15, -0.1) is 0 Å². The molecule has 3 aromatic rings. The van der Waals surface area contributed by atoms with Crippen LogP contribution in [0.2, 0.25) is 0 Å². The molecule has 1 aromatic carbocycles. The molecule has 0 saturated heterocycles. The van der Waals surface area contributed by atoms with Gasteiger partial charge in [0.15, 0.2) is 5.65 Å². The molecule has 2 heterocycles. The number of alkyl halides is 2. The number of benzene rings is 1. The summed E-state index contributed by atoms with van der Waals surface area (Å²) in [7, 11) is 1.76. The second-order valence-electron chi connectivity index (χ2n) is 6.03. The Morgan fingerprint density at radius 3 is 2.78 bits per heavy atom.